The van der Waals surface area contributed by atoms with Gasteiger partial charge in [-0.1, -0.05) is 41.4 Å². The Balaban J connectivity index is 2.02. The Bertz CT molecular complexity index is 986. The zero-order valence-corrected chi connectivity index (χ0v) is 16.5. The highest BCUT2D eigenvalue weighted by molar-refractivity contribution is 7.16. The topological polar surface area (TPSA) is 62.2 Å². The highest BCUT2D eigenvalue weighted by Gasteiger charge is 2.17. The van der Waals surface area contributed by atoms with Crippen LogP contribution < -0.4 is 5.32 Å². The van der Waals surface area contributed by atoms with E-state index in [1.165, 1.54) is 16.9 Å². The monoisotopic (exact) mass is 406 g/mol. The average molecular weight is 407 g/mol. The first-order valence-electron chi connectivity index (χ1n) is 7.85. The minimum absolute atomic E-state index is 0.0924. The number of nitrogens with one attached hydrogen (secondary N) is 1. The van der Waals surface area contributed by atoms with Crippen LogP contribution in [-0.4, -0.2) is 16.1 Å². The fraction of sp³-hybridized carbons (Fsp3) is 0.158. The number of nitrogens with zero attached hydrogens (tertiary/aromatic N) is 1. The van der Waals surface area contributed by atoms with E-state index in [1.807, 2.05) is 32.0 Å². The number of benzene rings is 2. The Kier molecular flexibility index (Phi) is 5.51. The van der Waals surface area contributed by atoms with Crippen LogP contribution in [-0.2, 0) is 11.2 Å². The number of anilines is 2. The molecule has 0 spiro atoms. The molecule has 3 aromatic rings. The molecule has 0 saturated carbocycles. The molecule has 1 heterocycles. The van der Waals surface area contributed by atoms with Gasteiger partial charge in [0.1, 0.15) is 0 Å². The molecule has 0 fully saturated rings. The van der Waals surface area contributed by atoms with Gasteiger partial charge >= 0.3 is 5.97 Å². The molecule has 2 aromatic carbocycles. The van der Waals surface area contributed by atoms with Crippen LogP contribution in [0.5, 0.6) is 0 Å². The van der Waals surface area contributed by atoms with Crippen molar-refractivity contribution >= 4 is 51.3 Å². The lowest BCUT2D eigenvalue weighted by atomic mass is 10.0. The van der Waals surface area contributed by atoms with Crippen LogP contribution in [0.15, 0.2) is 36.4 Å². The van der Waals surface area contributed by atoms with Gasteiger partial charge in [-0.25, -0.2) is 4.98 Å². The van der Waals surface area contributed by atoms with E-state index < -0.39 is 5.97 Å². The number of halogens is 2. The fourth-order valence-electron chi connectivity index (χ4n) is 2.49. The van der Waals surface area contributed by atoms with Crippen LogP contribution in [0, 0.1) is 13.8 Å². The normalized spacial score (nSPS) is 10.8. The predicted octanol–water partition coefficient (Wildman–Crippen LogP) is 6.10. The molecule has 0 aliphatic carbocycles. The molecule has 0 amide bonds. The Labute approximate surface area is 165 Å². The lowest BCUT2D eigenvalue weighted by molar-refractivity contribution is -0.136. The van der Waals surface area contributed by atoms with Crippen molar-refractivity contribution in [3.63, 3.8) is 0 Å². The molecule has 0 aliphatic rings. The van der Waals surface area contributed by atoms with E-state index in [0.717, 1.165) is 11.1 Å². The number of thiazole rings is 1. The van der Waals surface area contributed by atoms with Crippen molar-refractivity contribution in [2.75, 3.05) is 5.32 Å². The minimum atomic E-state index is -0.897. The lowest BCUT2D eigenvalue weighted by Crippen LogP contribution is -1.99. The van der Waals surface area contributed by atoms with Crippen LogP contribution in [0.25, 0.3) is 11.3 Å². The number of aromatic nitrogens is 1. The number of aliphatic carboxylic acids is 1. The van der Waals surface area contributed by atoms with Crippen LogP contribution in [0.4, 0.5) is 10.8 Å². The summed E-state index contributed by atoms with van der Waals surface area (Å²) in [6.07, 6.45) is -0.0924. The van der Waals surface area contributed by atoms with Crippen LogP contribution in [0.3, 0.4) is 0 Å². The molecule has 1 aromatic heterocycles. The number of carboxylic acids is 1. The van der Waals surface area contributed by atoms with E-state index >= 15 is 0 Å². The standard InChI is InChI=1S/C19H16Cl2N2O2S/c1-10-6-7-12(8-11(10)2)18-15(9-16(24)25)26-19(23-18)22-14-5-3-4-13(20)17(14)21/h3-8H,9H2,1-2H3,(H,22,23)(H,24,25). The van der Waals surface area contributed by atoms with Gasteiger partial charge in [-0.2, -0.15) is 0 Å². The summed E-state index contributed by atoms with van der Waals surface area (Å²) in [4.78, 5) is 16.6. The second-order valence-corrected chi connectivity index (χ2v) is 7.76. The Morgan fingerprint density at radius 2 is 1.96 bits per heavy atom. The Morgan fingerprint density at radius 1 is 1.19 bits per heavy atom. The third-order valence-corrected chi connectivity index (χ3v) is 5.77. The largest absolute Gasteiger partial charge is 0.481 e. The molecule has 0 saturated heterocycles. The predicted molar refractivity (Wildman–Crippen MR) is 108 cm³/mol. The van der Waals surface area contributed by atoms with Crippen LogP contribution in [0.1, 0.15) is 16.0 Å². The maximum absolute atomic E-state index is 11.3. The maximum atomic E-state index is 11.3. The molecule has 0 aliphatic heterocycles. The first-order valence-corrected chi connectivity index (χ1v) is 9.42. The van der Waals surface area contributed by atoms with Gasteiger partial charge in [0.25, 0.3) is 0 Å². The van der Waals surface area contributed by atoms with E-state index in [-0.39, 0.29) is 6.42 Å². The van der Waals surface area contributed by atoms with E-state index in [9.17, 15) is 9.90 Å². The molecule has 0 bridgehead atoms. The zero-order chi connectivity index (χ0) is 18.8. The second-order valence-electron chi connectivity index (χ2n) is 5.89. The van der Waals surface area contributed by atoms with Crippen molar-refractivity contribution in [2.45, 2.75) is 20.3 Å². The van der Waals surface area contributed by atoms with Crippen molar-refractivity contribution in [3.8, 4) is 11.3 Å². The van der Waals surface area contributed by atoms with Crippen molar-refractivity contribution < 1.29 is 9.90 Å². The summed E-state index contributed by atoms with van der Waals surface area (Å²) in [6.45, 7) is 4.05. The van der Waals surface area contributed by atoms with Gasteiger partial charge in [-0.05, 0) is 43.2 Å². The van der Waals surface area contributed by atoms with E-state index in [2.05, 4.69) is 10.3 Å². The van der Waals surface area contributed by atoms with Crippen molar-refractivity contribution in [1.29, 1.82) is 0 Å². The zero-order valence-electron chi connectivity index (χ0n) is 14.1. The first-order chi connectivity index (χ1) is 12.3. The molecule has 2 N–H and O–H groups in total. The molecular weight excluding hydrogens is 391 g/mol. The number of rotatable bonds is 5. The average Bonchev–Trinajstić information content (AvgIpc) is 2.96. The van der Waals surface area contributed by atoms with Gasteiger partial charge in [0.2, 0.25) is 0 Å². The molecule has 0 radical (unpaired) electrons. The minimum Gasteiger partial charge on any atom is -0.481 e. The molecule has 3 rings (SSSR count). The number of carbonyl (C=O) groups is 1. The number of hydrogen-bond acceptors (Lipinski definition) is 4. The summed E-state index contributed by atoms with van der Waals surface area (Å²) in [5, 5.41) is 13.8. The Hall–Kier alpha value is -2.08. The number of carboxylic acid groups (broad SMARTS) is 1. The van der Waals surface area contributed by atoms with Gasteiger partial charge < -0.3 is 10.4 Å². The van der Waals surface area contributed by atoms with Crippen LogP contribution in [0.2, 0.25) is 10.0 Å². The summed E-state index contributed by atoms with van der Waals surface area (Å²) in [5.41, 5.74) is 4.49. The van der Waals surface area contributed by atoms with E-state index in [1.54, 1.807) is 18.2 Å². The lowest BCUT2D eigenvalue weighted by Gasteiger charge is -2.06. The van der Waals surface area contributed by atoms with Gasteiger partial charge in [0.15, 0.2) is 5.13 Å². The van der Waals surface area contributed by atoms with Gasteiger partial charge in [0.05, 0.1) is 27.8 Å². The summed E-state index contributed by atoms with van der Waals surface area (Å²) in [7, 11) is 0. The van der Waals surface area contributed by atoms with Crippen molar-refractivity contribution in [1.82, 2.24) is 4.98 Å². The molecule has 26 heavy (non-hydrogen) atoms. The van der Waals surface area contributed by atoms with Gasteiger partial charge in [-0.15, -0.1) is 11.3 Å². The third kappa shape index (κ3) is 4.01. The van der Waals surface area contributed by atoms with Crippen molar-refractivity contribution in [2.24, 2.45) is 0 Å². The second kappa shape index (κ2) is 7.66. The summed E-state index contributed by atoms with van der Waals surface area (Å²) < 4.78 is 0. The molecule has 0 unspecified atom stereocenters. The third-order valence-electron chi connectivity index (χ3n) is 3.98. The molecule has 134 valence electrons. The quantitative estimate of drug-likeness (QED) is 0.536. The smallest absolute Gasteiger partial charge is 0.308 e. The van der Waals surface area contributed by atoms with Gasteiger partial charge in [0, 0.05) is 10.4 Å². The SMILES string of the molecule is Cc1ccc(-c2nc(Nc3cccc(Cl)c3Cl)sc2CC(=O)O)cc1C. The van der Waals surface area contributed by atoms with Crippen LogP contribution >= 0.6 is 34.5 Å². The number of aryl methyl sites for hydroxylation is 2. The molecule has 4 nitrogen and oxygen atoms in total. The Morgan fingerprint density at radius 3 is 2.65 bits per heavy atom. The van der Waals surface area contributed by atoms with Gasteiger partial charge in [-0.3, -0.25) is 4.79 Å². The highest BCUT2D eigenvalue weighted by Crippen LogP contribution is 2.37. The number of hydrogen-bond donors (Lipinski definition) is 2. The van der Waals surface area contributed by atoms with Crippen molar-refractivity contribution in [3.05, 3.63) is 62.4 Å². The molecular formula is C19H16Cl2N2O2S. The molecule has 7 heteroatoms. The summed E-state index contributed by atoms with van der Waals surface area (Å²) in [5.74, 6) is -0.897. The summed E-state index contributed by atoms with van der Waals surface area (Å²) >= 11 is 13.6. The fourth-order valence-corrected chi connectivity index (χ4v) is 3.83. The maximum Gasteiger partial charge on any atom is 0.308 e. The van der Waals surface area contributed by atoms with E-state index in [0.29, 0.717) is 31.4 Å². The molecule has 0 atom stereocenters. The summed E-state index contributed by atoms with van der Waals surface area (Å²) in [6, 6.07) is 11.3. The highest BCUT2D eigenvalue weighted by atomic mass is 35.5. The first kappa shape index (κ1) is 18.7. The van der Waals surface area contributed by atoms with E-state index in [4.69, 9.17) is 23.2 Å².